The van der Waals surface area contributed by atoms with Gasteiger partial charge in [0.25, 0.3) is 0 Å². The van der Waals surface area contributed by atoms with Crippen molar-refractivity contribution in [1.29, 1.82) is 0 Å². The summed E-state index contributed by atoms with van der Waals surface area (Å²) in [4.78, 5) is 47.0. The molecular weight excluding hydrogens is 514 g/mol. The standard InChI is InChI=1S/C33H43N5O3/c1-20(2)31(3,4)30(41)37-27(17-23-18-36-26-15-11-10-14-24(23)26)28(39)33(7,35)25-16-21-12-8-9-13-22(21)19-38(29(25)40)32(5,6)34/h8-15,18,25,27,36H,1,16-17,19,34-35H2,2-7H3,(H,37,41)/t25-,27-,33-/m1/s1. The molecule has 8 heteroatoms. The van der Waals surface area contributed by atoms with Gasteiger partial charge in [-0.15, -0.1) is 0 Å². The number of benzene rings is 2. The second kappa shape index (κ2) is 10.9. The van der Waals surface area contributed by atoms with Crippen LogP contribution in [0.2, 0.25) is 0 Å². The number of Topliss-reactive ketones (excluding diaryl/α,β-unsaturated/α-hetero) is 1. The number of aromatic nitrogens is 1. The van der Waals surface area contributed by atoms with Crippen LogP contribution >= 0.6 is 0 Å². The lowest BCUT2D eigenvalue weighted by atomic mass is 9.75. The van der Waals surface area contributed by atoms with Crippen molar-refractivity contribution in [3.63, 3.8) is 0 Å². The molecule has 3 atom stereocenters. The first-order valence-corrected chi connectivity index (χ1v) is 14.1. The van der Waals surface area contributed by atoms with Gasteiger partial charge in [0.2, 0.25) is 11.8 Å². The molecule has 0 radical (unpaired) electrons. The van der Waals surface area contributed by atoms with Gasteiger partial charge >= 0.3 is 0 Å². The average Bonchev–Trinajstić information content (AvgIpc) is 3.23. The molecule has 0 unspecified atom stereocenters. The van der Waals surface area contributed by atoms with Crippen LogP contribution in [0.4, 0.5) is 0 Å². The Bertz CT molecular complexity index is 1490. The Morgan fingerprint density at radius 1 is 1.05 bits per heavy atom. The Kier molecular flexibility index (Phi) is 8.04. The van der Waals surface area contributed by atoms with E-state index in [9.17, 15) is 14.4 Å². The second-order valence-corrected chi connectivity index (χ2v) is 12.7. The van der Waals surface area contributed by atoms with Crippen LogP contribution in [0.1, 0.15) is 58.2 Å². The van der Waals surface area contributed by atoms with Crippen LogP contribution < -0.4 is 16.8 Å². The highest BCUT2D eigenvalue weighted by molar-refractivity contribution is 6.01. The summed E-state index contributed by atoms with van der Waals surface area (Å²) in [7, 11) is 0. The number of para-hydroxylation sites is 1. The molecule has 1 aliphatic heterocycles. The second-order valence-electron chi connectivity index (χ2n) is 12.7. The van der Waals surface area contributed by atoms with Gasteiger partial charge in [0.15, 0.2) is 5.78 Å². The van der Waals surface area contributed by atoms with Crippen molar-refractivity contribution in [3.05, 3.63) is 83.6 Å². The van der Waals surface area contributed by atoms with Crippen molar-refractivity contribution in [1.82, 2.24) is 15.2 Å². The number of carbonyl (C=O) groups is 3. The topological polar surface area (TPSA) is 134 Å². The first kappa shape index (κ1) is 30.2. The fraction of sp³-hybridized carbons (Fsp3) is 0.424. The van der Waals surface area contributed by atoms with Crippen molar-refractivity contribution in [2.75, 3.05) is 0 Å². The third-order valence-electron chi connectivity index (χ3n) is 8.74. The van der Waals surface area contributed by atoms with Crippen molar-refractivity contribution >= 4 is 28.5 Å². The number of nitrogens with one attached hydrogen (secondary N) is 2. The minimum atomic E-state index is -1.62. The van der Waals surface area contributed by atoms with E-state index in [0.29, 0.717) is 12.1 Å². The SMILES string of the molecule is C=C(C)C(C)(C)C(=O)N[C@H](Cc1c[nH]c2ccccc12)C(=O)[C@](C)(N)[C@@H]1Cc2ccccc2CN(C(C)(C)N)C1=O. The first-order valence-electron chi connectivity index (χ1n) is 14.1. The lowest BCUT2D eigenvalue weighted by molar-refractivity contribution is -0.147. The van der Waals surface area contributed by atoms with Crippen LogP contribution in [0.3, 0.4) is 0 Å². The minimum absolute atomic E-state index is 0.206. The minimum Gasteiger partial charge on any atom is -0.361 e. The van der Waals surface area contributed by atoms with Gasteiger partial charge in [0.1, 0.15) is 0 Å². The van der Waals surface area contributed by atoms with Crippen LogP contribution in [0.15, 0.2) is 66.9 Å². The van der Waals surface area contributed by atoms with E-state index in [2.05, 4.69) is 16.9 Å². The Hall–Kier alpha value is -3.75. The molecule has 8 nitrogen and oxygen atoms in total. The molecule has 0 bridgehead atoms. The van der Waals surface area contributed by atoms with E-state index in [1.807, 2.05) is 54.7 Å². The summed E-state index contributed by atoms with van der Waals surface area (Å²) in [6.07, 6.45) is 2.34. The lowest BCUT2D eigenvalue weighted by Crippen LogP contribution is -2.65. The van der Waals surface area contributed by atoms with Crippen LogP contribution in [0.5, 0.6) is 0 Å². The van der Waals surface area contributed by atoms with Crippen LogP contribution in [-0.4, -0.2) is 44.7 Å². The third-order valence-corrected chi connectivity index (χ3v) is 8.74. The number of fused-ring (bicyclic) bond motifs is 2. The van der Waals surface area contributed by atoms with E-state index in [-0.39, 0.29) is 24.7 Å². The number of hydrogen-bond donors (Lipinski definition) is 4. The van der Waals surface area contributed by atoms with Crippen molar-refractivity contribution in [2.45, 2.75) is 78.2 Å². The number of ketones is 1. The molecule has 218 valence electrons. The number of nitrogens with zero attached hydrogens (tertiary/aromatic N) is 1. The maximum Gasteiger partial charge on any atom is 0.230 e. The molecular formula is C33H43N5O3. The third kappa shape index (κ3) is 5.85. The van der Waals surface area contributed by atoms with E-state index in [1.54, 1.807) is 46.4 Å². The van der Waals surface area contributed by atoms with E-state index in [1.165, 1.54) is 0 Å². The zero-order valence-corrected chi connectivity index (χ0v) is 25.0. The van der Waals surface area contributed by atoms with E-state index >= 15 is 0 Å². The number of carbonyl (C=O) groups excluding carboxylic acids is 3. The Balaban J connectivity index is 1.76. The summed E-state index contributed by atoms with van der Waals surface area (Å²) < 4.78 is 0. The number of rotatable bonds is 9. The van der Waals surface area contributed by atoms with Crippen LogP contribution in [0.25, 0.3) is 10.9 Å². The van der Waals surface area contributed by atoms with E-state index in [4.69, 9.17) is 11.5 Å². The molecule has 0 saturated carbocycles. The maximum atomic E-state index is 14.5. The normalized spacial score (nSPS) is 18.3. The molecule has 6 N–H and O–H groups in total. The van der Waals surface area contributed by atoms with E-state index in [0.717, 1.165) is 27.6 Å². The van der Waals surface area contributed by atoms with Crippen LogP contribution in [0, 0.1) is 11.3 Å². The highest BCUT2D eigenvalue weighted by Gasteiger charge is 2.49. The molecule has 41 heavy (non-hydrogen) atoms. The van der Waals surface area contributed by atoms with Crippen LogP contribution in [-0.2, 0) is 33.8 Å². The van der Waals surface area contributed by atoms with Gasteiger partial charge in [0, 0.05) is 30.1 Å². The summed E-state index contributed by atoms with van der Waals surface area (Å²) in [5.74, 6) is -1.92. The molecule has 0 fully saturated rings. The van der Waals surface area contributed by atoms with Gasteiger partial charge in [-0.2, -0.15) is 0 Å². The van der Waals surface area contributed by atoms with Gasteiger partial charge in [-0.05, 0) is 70.7 Å². The highest BCUT2D eigenvalue weighted by Crippen LogP contribution is 2.33. The largest absolute Gasteiger partial charge is 0.361 e. The molecule has 1 aliphatic rings. The van der Waals surface area contributed by atoms with Crippen molar-refractivity contribution < 1.29 is 14.4 Å². The predicted molar refractivity (Wildman–Crippen MR) is 163 cm³/mol. The van der Waals surface area contributed by atoms with Gasteiger partial charge < -0.3 is 26.7 Å². The number of aromatic amines is 1. The molecule has 3 aromatic rings. The molecule has 4 rings (SSSR count). The molecule has 2 aromatic carbocycles. The van der Waals surface area contributed by atoms with Crippen molar-refractivity contribution in [3.8, 4) is 0 Å². The Morgan fingerprint density at radius 2 is 1.66 bits per heavy atom. The molecule has 0 spiro atoms. The summed E-state index contributed by atoms with van der Waals surface area (Å²) in [5, 5.41) is 3.94. The first-order chi connectivity index (χ1) is 19.0. The summed E-state index contributed by atoms with van der Waals surface area (Å²) in [6.45, 7) is 14.8. The van der Waals surface area contributed by atoms with Gasteiger partial charge in [-0.1, -0.05) is 54.6 Å². The molecule has 1 aromatic heterocycles. The summed E-state index contributed by atoms with van der Waals surface area (Å²) >= 11 is 0. The lowest BCUT2D eigenvalue weighted by Gasteiger charge is -2.41. The summed E-state index contributed by atoms with van der Waals surface area (Å²) in [6, 6.07) is 14.6. The Morgan fingerprint density at radius 3 is 2.29 bits per heavy atom. The maximum absolute atomic E-state index is 14.5. The molecule has 2 amide bonds. The number of amides is 2. The fourth-order valence-corrected chi connectivity index (χ4v) is 5.42. The molecule has 0 saturated heterocycles. The van der Waals surface area contributed by atoms with Gasteiger partial charge in [-0.3, -0.25) is 14.4 Å². The smallest absolute Gasteiger partial charge is 0.230 e. The highest BCUT2D eigenvalue weighted by atomic mass is 16.2. The number of H-pyrrole nitrogens is 1. The number of nitrogens with two attached hydrogens (primary N) is 2. The summed E-state index contributed by atoms with van der Waals surface area (Å²) in [5.41, 5.74) is 14.3. The average molecular weight is 558 g/mol. The molecule has 2 heterocycles. The van der Waals surface area contributed by atoms with Gasteiger partial charge in [0.05, 0.1) is 28.6 Å². The van der Waals surface area contributed by atoms with Crippen molar-refractivity contribution in [2.24, 2.45) is 22.8 Å². The predicted octanol–water partition coefficient (Wildman–Crippen LogP) is 3.98. The molecule has 0 aliphatic carbocycles. The zero-order valence-electron chi connectivity index (χ0n) is 25.0. The monoisotopic (exact) mass is 557 g/mol. The Labute approximate surface area is 242 Å². The van der Waals surface area contributed by atoms with E-state index < -0.39 is 34.4 Å². The quantitative estimate of drug-likeness (QED) is 0.295. The van der Waals surface area contributed by atoms with Gasteiger partial charge in [-0.25, -0.2) is 0 Å². The fourth-order valence-electron chi connectivity index (χ4n) is 5.42. The zero-order chi connectivity index (χ0) is 30.3. The number of hydrogen-bond acceptors (Lipinski definition) is 5.